The lowest BCUT2D eigenvalue weighted by molar-refractivity contribution is -0.137. The number of aryl methyl sites for hydroxylation is 1. The van der Waals surface area contributed by atoms with Gasteiger partial charge in [-0.2, -0.15) is 18.3 Å². The second-order valence-corrected chi connectivity index (χ2v) is 7.49. The van der Waals surface area contributed by atoms with Crippen LogP contribution in [0.1, 0.15) is 28.3 Å². The first kappa shape index (κ1) is 19.7. The quantitative estimate of drug-likeness (QED) is 0.784. The van der Waals surface area contributed by atoms with Gasteiger partial charge in [-0.1, -0.05) is 6.07 Å². The van der Waals surface area contributed by atoms with Gasteiger partial charge in [-0.25, -0.2) is 9.18 Å². The fraction of sp³-hybridized carbons (Fsp3) is 0.474. The molecule has 2 aromatic rings. The molecular weight excluding hydrogens is 392 g/mol. The minimum absolute atomic E-state index is 0.0586. The van der Waals surface area contributed by atoms with Crippen LogP contribution in [0.4, 0.5) is 22.4 Å². The van der Waals surface area contributed by atoms with Crippen LogP contribution in [-0.2, 0) is 17.5 Å². The summed E-state index contributed by atoms with van der Waals surface area (Å²) < 4.78 is 57.1. The molecule has 2 amide bonds. The predicted molar refractivity (Wildman–Crippen MR) is 94.6 cm³/mol. The molecule has 0 aliphatic carbocycles. The first-order valence-electron chi connectivity index (χ1n) is 9.23. The summed E-state index contributed by atoms with van der Waals surface area (Å²) in [5, 5.41) is 6.96. The van der Waals surface area contributed by atoms with Crippen LogP contribution in [0.25, 0.3) is 0 Å². The highest BCUT2D eigenvalue weighted by Gasteiger charge is 2.40. The number of benzene rings is 1. The minimum atomic E-state index is -4.58. The number of hydrogen-bond acceptors (Lipinski definition) is 3. The van der Waals surface area contributed by atoms with Crippen LogP contribution in [0.5, 0.6) is 0 Å². The number of nitrogens with one attached hydrogen (secondary N) is 1. The highest BCUT2D eigenvalue weighted by atomic mass is 19.4. The average molecular weight is 412 g/mol. The van der Waals surface area contributed by atoms with Crippen molar-refractivity contribution in [1.82, 2.24) is 20.0 Å². The molecule has 2 aliphatic rings. The van der Waals surface area contributed by atoms with Gasteiger partial charge in [0.2, 0.25) is 0 Å². The lowest BCUT2D eigenvalue weighted by atomic mass is 9.94. The van der Waals surface area contributed by atoms with E-state index < -0.39 is 17.6 Å². The topological polar surface area (TPSA) is 61.5 Å². The predicted octanol–water partition coefficient (Wildman–Crippen LogP) is 3.30. The van der Waals surface area contributed by atoms with Crippen molar-refractivity contribution >= 4 is 6.03 Å². The zero-order valence-corrected chi connectivity index (χ0v) is 15.7. The normalized spacial score (nSPS) is 18.0. The standard InChI is InChI=1S/C19H20F4N4O2/c1-11-5-24-25-17(11)13-6-26(7-13)18(28)27-8-15(9-27)29-10-12-2-3-14(4-16(12)20)19(21,22)23/h2-5,13,15H,6-10H2,1H3,(H,24,25). The first-order valence-corrected chi connectivity index (χ1v) is 9.23. The van der Waals surface area contributed by atoms with Gasteiger partial charge in [0, 0.05) is 30.3 Å². The number of alkyl halides is 3. The number of aromatic amines is 1. The molecule has 0 spiro atoms. The van der Waals surface area contributed by atoms with E-state index in [1.807, 2.05) is 6.92 Å². The Balaban J connectivity index is 1.21. The number of halogens is 4. The van der Waals surface area contributed by atoms with Gasteiger partial charge in [0.05, 0.1) is 37.6 Å². The molecule has 0 radical (unpaired) electrons. The Kier molecular flexibility index (Phi) is 4.97. The molecule has 0 unspecified atom stereocenters. The number of amides is 2. The van der Waals surface area contributed by atoms with Crippen LogP contribution in [-0.4, -0.2) is 58.3 Å². The summed E-state index contributed by atoms with van der Waals surface area (Å²) in [4.78, 5) is 15.8. The Morgan fingerprint density at radius 1 is 1.24 bits per heavy atom. The van der Waals surface area contributed by atoms with Crippen molar-refractivity contribution in [2.75, 3.05) is 26.2 Å². The Labute approximate surface area is 164 Å². The number of rotatable bonds is 4. The Morgan fingerprint density at radius 2 is 1.93 bits per heavy atom. The van der Waals surface area contributed by atoms with Crippen LogP contribution in [0.2, 0.25) is 0 Å². The summed E-state index contributed by atoms with van der Waals surface area (Å²) in [6.45, 7) is 3.85. The molecule has 2 aliphatic heterocycles. The molecule has 0 atom stereocenters. The summed E-state index contributed by atoms with van der Waals surface area (Å²) in [7, 11) is 0. The number of urea groups is 1. The van der Waals surface area contributed by atoms with E-state index >= 15 is 0 Å². The molecule has 1 aromatic heterocycles. The fourth-order valence-electron chi connectivity index (χ4n) is 3.54. The number of H-pyrrole nitrogens is 1. The van der Waals surface area contributed by atoms with Gasteiger partial charge < -0.3 is 14.5 Å². The third kappa shape index (κ3) is 3.93. The number of nitrogens with zero attached hydrogens (tertiary/aromatic N) is 3. The highest BCUT2D eigenvalue weighted by Crippen LogP contribution is 2.31. The number of ether oxygens (including phenoxy) is 1. The third-order valence-corrected chi connectivity index (χ3v) is 5.40. The summed E-state index contributed by atoms with van der Waals surface area (Å²) in [6, 6.07) is 2.31. The van der Waals surface area contributed by atoms with Crippen LogP contribution >= 0.6 is 0 Å². The van der Waals surface area contributed by atoms with E-state index in [1.54, 1.807) is 16.0 Å². The zero-order valence-electron chi connectivity index (χ0n) is 15.7. The smallest absolute Gasteiger partial charge is 0.370 e. The van der Waals surface area contributed by atoms with Crippen molar-refractivity contribution in [3.63, 3.8) is 0 Å². The molecule has 6 nitrogen and oxygen atoms in total. The number of aromatic nitrogens is 2. The number of carbonyl (C=O) groups is 1. The van der Waals surface area contributed by atoms with Gasteiger partial charge in [-0.3, -0.25) is 5.10 Å². The second kappa shape index (κ2) is 7.33. The van der Waals surface area contributed by atoms with E-state index in [0.717, 1.165) is 23.4 Å². The zero-order chi connectivity index (χ0) is 20.8. The molecule has 2 saturated heterocycles. The van der Waals surface area contributed by atoms with Crippen LogP contribution in [0.3, 0.4) is 0 Å². The maximum Gasteiger partial charge on any atom is 0.416 e. The lowest BCUT2D eigenvalue weighted by Crippen LogP contribution is -2.62. The van der Waals surface area contributed by atoms with Gasteiger partial charge in [0.15, 0.2) is 0 Å². The van der Waals surface area contributed by atoms with E-state index in [-0.39, 0.29) is 30.2 Å². The fourth-order valence-corrected chi connectivity index (χ4v) is 3.54. The van der Waals surface area contributed by atoms with Crippen molar-refractivity contribution in [2.45, 2.75) is 31.7 Å². The van der Waals surface area contributed by atoms with Crippen molar-refractivity contribution in [2.24, 2.45) is 0 Å². The molecule has 0 saturated carbocycles. The SMILES string of the molecule is Cc1cn[nH]c1C1CN(C(=O)N2CC(OCc3ccc(C(F)(F)F)cc3F)C2)C1. The molecule has 0 bridgehead atoms. The van der Waals surface area contributed by atoms with Gasteiger partial charge in [0.25, 0.3) is 0 Å². The third-order valence-electron chi connectivity index (χ3n) is 5.40. The maximum atomic E-state index is 13.8. The molecular formula is C19H20F4N4O2. The van der Waals surface area contributed by atoms with Gasteiger partial charge >= 0.3 is 12.2 Å². The monoisotopic (exact) mass is 412 g/mol. The number of carbonyl (C=O) groups excluding carboxylic acids is 1. The summed E-state index contributed by atoms with van der Waals surface area (Å²) >= 11 is 0. The molecule has 2 fully saturated rings. The van der Waals surface area contributed by atoms with Crippen LogP contribution < -0.4 is 0 Å². The molecule has 3 heterocycles. The average Bonchev–Trinajstić information content (AvgIpc) is 2.98. The molecule has 4 rings (SSSR count). The minimum Gasteiger partial charge on any atom is -0.370 e. The van der Waals surface area contributed by atoms with Gasteiger partial charge in [0.1, 0.15) is 5.82 Å². The Hall–Kier alpha value is -2.62. The van der Waals surface area contributed by atoms with Crippen LogP contribution in [0.15, 0.2) is 24.4 Å². The van der Waals surface area contributed by atoms with Crippen molar-refractivity contribution in [3.8, 4) is 0 Å². The van der Waals surface area contributed by atoms with E-state index in [1.165, 1.54) is 0 Å². The Bertz CT molecular complexity index is 902. The molecule has 29 heavy (non-hydrogen) atoms. The van der Waals surface area contributed by atoms with E-state index in [9.17, 15) is 22.4 Å². The lowest BCUT2D eigenvalue weighted by Gasteiger charge is -2.46. The van der Waals surface area contributed by atoms with Gasteiger partial charge in [-0.15, -0.1) is 0 Å². The maximum absolute atomic E-state index is 13.8. The molecule has 10 heteroatoms. The molecule has 1 aromatic carbocycles. The van der Waals surface area contributed by atoms with E-state index in [4.69, 9.17) is 4.74 Å². The van der Waals surface area contributed by atoms with Crippen molar-refractivity contribution in [1.29, 1.82) is 0 Å². The van der Waals surface area contributed by atoms with Crippen LogP contribution in [0, 0.1) is 12.7 Å². The summed E-state index contributed by atoms with van der Waals surface area (Å²) in [5.74, 6) is -0.690. The van der Waals surface area contributed by atoms with Crippen molar-refractivity contribution < 1.29 is 27.1 Å². The summed E-state index contributed by atoms with van der Waals surface area (Å²) in [5.41, 5.74) is 1.16. The molecule has 1 N–H and O–H groups in total. The van der Waals surface area contributed by atoms with E-state index in [2.05, 4.69) is 10.2 Å². The second-order valence-electron chi connectivity index (χ2n) is 7.49. The largest absolute Gasteiger partial charge is 0.416 e. The number of likely N-dealkylation sites (tertiary alicyclic amines) is 2. The van der Waals surface area contributed by atoms with Gasteiger partial charge in [-0.05, 0) is 24.6 Å². The number of hydrogen-bond donors (Lipinski definition) is 1. The summed E-state index contributed by atoms with van der Waals surface area (Å²) in [6.07, 6.45) is -3.08. The van der Waals surface area contributed by atoms with E-state index in [0.29, 0.717) is 32.2 Å². The Morgan fingerprint density at radius 3 is 2.52 bits per heavy atom. The first-order chi connectivity index (χ1) is 13.7. The molecule has 156 valence electrons. The highest BCUT2D eigenvalue weighted by molar-refractivity contribution is 5.76. The van der Waals surface area contributed by atoms with Crippen molar-refractivity contribution in [3.05, 3.63) is 52.6 Å².